The second-order valence-corrected chi connectivity index (χ2v) is 10.2. The molecule has 0 radical (unpaired) electrons. The first kappa shape index (κ1) is 28.4. The number of benzene rings is 5. The lowest BCUT2D eigenvalue weighted by Crippen LogP contribution is -1.96. The minimum atomic E-state index is 0.675. The number of methoxy groups -OCH3 is 2. The number of hydrogen-bond acceptors (Lipinski definition) is 4. The summed E-state index contributed by atoms with van der Waals surface area (Å²) in [6.45, 7) is 0. The highest BCUT2D eigenvalue weighted by atomic mass is 16.5. The maximum atomic E-state index is 5.73. The highest BCUT2D eigenvalue weighted by Crippen LogP contribution is 2.30. The molecule has 0 saturated carbocycles. The van der Waals surface area contributed by atoms with Crippen LogP contribution in [0.25, 0.3) is 57.6 Å². The Bertz CT molecular complexity index is 1760. The van der Waals surface area contributed by atoms with Gasteiger partial charge in [-0.2, -0.15) is 0 Å². The van der Waals surface area contributed by atoms with E-state index in [1.54, 1.807) is 14.2 Å². The van der Waals surface area contributed by atoms with Crippen LogP contribution < -0.4 is 0 Å². The van der Waals surface area contributed by atoms with Gasteiger partial charge in [0.1, 0.15) is 11.5 Å². The SMILES string of the molecule is CO/C(=C/c1ccccc1)c1ccc(-c2cc(-c3ccc(/C(=C\c4ccccc4)OC)cc3)nc(-c3ccccc3)n2)cc1. The Hall–Kier alpha value is -5.74. The van der Waals surface area contributed by atoms with Crippen molar-refractivity contribution in [2.24, 2.45) is 0 Å². The van der Waals surface area contributed by atoms with E-state index in [2.05, 4.69) is 72.8 Å². The van der Waals surface area contributed by atoms with Crippen LogP contribution in [0.15, 0.2) is 146 Å². The molecule has 6 rings (SSSR count). The molecule has 0 unspecified atom stereocenters. The summed E-state index contributed by atoms with van der Waals surface area (Å²) >= 11 is 0. The van der Waals surface area contributed by atoms with E-state index in [9.17, 15) is 0 Å². The standard InChI is InChI=1S/C40H32N2O2/c1-43-38(26-29-12-6-3-7-13-29)33-22-18-31(19-23-33)36-28-37(42-40(41-36)35-16-10-5-11-17-35)32-20-24-34(25-21-32)39(44-2)27-30-14-8-4-9-15-30/h3-28H,1-2H3/b38-26+,39-27+. The van der Waals surface area contributed by atoms with Gasteiger partial charge in [0.15, 0.2) is 5.82 Å². The Morgan fingerprint density at radius 2 is 0.841 bits per heavy atom. The average Bonchev–Trinajstić information content (AvgIpc) is 3.11. The number of ether oxygens (including phenoxy) is 2. The third-order valence-corrected chi connectivity index (χ3v) is 7.32. The van der Waals surface area contributed by atoms with E-state index in [1.165, 1.54) is 0 Å². The molecule has 4 nitrogen and oxygen atoms in total. The summed E-state index contributed by atoms with van der Waals surface area (Å²) in [7, 11) is 3.40. The van der Waals surface area contributed by atoms with Gasteiger partial charge in [0.05, 0.1) is 25.6 Å². The molecule has 0 amide bonds. The smallest absolute Gasteiger partial charge is 0.160 e. The lowest BCUT2D eigenvalue weighted by Gasteiger charge is -2.12. The van der Waals surface area contributed by atoms with Crippen molar-refractivity contribution in [3.05, 3.63) is 168 Å². The molecule has 4 heteroatoms. The zero-order valence-corrected chi connectivity index (χ0v) is 24.7. The molecule has 0 aliphatic rings. The van der Waals surface area contributed by atoms with Gasteiger partial charge in [-0.1, -0.05) is 140 Å². The van der Waals surface area contributed by atoms with Crippen LogP contribution in [0, 0.1) is 0 Å². The van der Waals surface area contributed by atoms with E-state index in [0.29, 0.717) is 5.82 Å². The largest absolute Gasteiger partial charge is 0.496 e. The summed E-state index contributed by atoms with van der Waals surface area (Å²) in [5, 5.41) is 0. The molecule has 0 spiro atoms. The molecule has 0 aliphatic carbocycles. The predicted octanol–water partition coefficient (Wildman–Crippen LogP) is 9.77. The Morgan fingerprint density at radius 1 is 0.455 bits per heavy atom. The third kappa shape index (κ3) is 6.66. The second-order valence-electron chi connectivity index (χ2n) is 10.2. The Balaban J connectivity index is 1.35. The van der Waals surface area contributed by atoms with Gasteiger partial charge >= 0.3 is 0 Å². The van der Waals surface area contributed by atoms with Crippen molar-refractivity contribution in [2.75, 3.05) is 14.2 Å². The van der Waals surface area contributed by atoms with Gasteiger partial charge in [0.25, 0.3) is 0 Å². The highest BCUT2D eigenvalue weighted by molar-refractivity contribution is 5.80. The summed E-state index contributed by atoms with van der Waals surface area (Å²) in [5.74, 6) is 2.27. The Morgan fingerprint density at radius 3 is 1.23 bits per heavy atom. The molecule has 214 valence electrons. The lowest BCUT2D eigenvalue weighted by atomic mass is 10.0. The van der Waals surface area contributed by atoms with Crippen molar-refractivity contribution in [3.8, 4) is 33.9 Å². The number of hydrogen-bond donors (Lipinski definition) is 0. The molecule has 0 atom stereocenters. The van der Waals surface area contributed by atoms with Gasteiger partial charge in [-0.15, -0.1) is 0 Å². The van der Waals surface area contributed by atoms with Crippen LogP contribution in [0.2, 0.25) is 0 Å². The minimum absolute atomic E-state index is 0.675. The molecule has 0 aliphatic heterocycles. The first-order chi connectivity index (χ1) is 21.7. The Labute approximate surface area is 258 Å². The number of rotatable bonds is 9. The first-order valence-electron chi connectivity index (χ1n) is 14.5. The van der Waals surface area contributed by atoms with Crippen molar-refractivity contribution in [1.82, 2.24) is 9.97 Å². The van der Waals surface area contributed by atoms with Crippen LogP contribution in [0.1, 0.15) is 22.3 Å². The predicted molar refractivity (Wildman–Crippen MR) is 181 cm³/mol. The summed E-state index contributed by atoms with van der Waals surface area (Å²) in [6, 6.07) is 49.0. The van der Waals surface area contributed by atoms with Gasteiger partial charge in [-0.05, 0) is 29.3 Å². The monoisotopic (exact) mass is 572 g/mol. The first-order valence-corrected chi connectivity index (χ1v) is 14.5. The van der Waals surface area contributed by atoms with E-state index < -0.39 is 0 Å². The molecule has 0 saturated heterocycles. The lowest BCUT2D eigenvalue weighted by molar-refractivity contribution is 0.372. The van der Waals surface area contributed by atoms with E-state index in [0.717, 1.165) is 61.9 Å². The highest BCUT2D eigenvalue weighted by Gasteiger charge is 2.12. The maximum absolute atomic E-state index is 5.73. The maximum Gasteiger partial charge on any atom is 0.160 e. The van der Waals surface area contributed by atoms with Crippen LogP contribution in [-0.2, 0) is 9.47 Å². The average molecular weight is 573 g/mol. The fraction of sp³-hybridized carbons (Fsp3) is 0.0500. The molecule has 0 N–H and O–H groups in total. The topological polar surface area (TPSA) is 44.2 Å². The van der Waals surface area contributed by atoms with Crippen molar-refractivity contribution in [2.45, 2.75) is 0 Å². The quantitative estimate of drug-likeness (QED) is 0.128. The fourth-order valence-corrected chi connectivity index (χ4v) is 4.99. The van der Waals surface area contributed by atoms with Crippen LogP contribution >= 0.6 is 0 Å². The van der Waals surface area contributed by atoms with E-state index in [-0.39, 0.29) is 0 Å². The summed E-state index contributed by atoms with van der Waals surface area (Å²) in [5.41, 5.74) is 8.79. The fourth-order valence-electron chi connectivity index (χ4n) is 4.99. The molecule has 1 aromatic heterocycles. The van der Waals surface area contributed by atoms with Gasteiger partial charge < -0.3 is 9.47 Å². The Kier molecular flexibility index (Phi) is 8.70. The molecule has 0 fully saturated rings. The molecule has 6 aromatic rings. The third-order valence-electron chi connectivity index (χ3n) is 7.32. The summed E-state index contributed by atoms with van der Waals surface area (Å²) in [6.07, 6.45) is 4.08. The second kappa shape index (κ2) is 13.5. The zero-order valence-electron chi connectivity index (χ0n) is 24.7. The minimum Gasteiger partial charge on any atom is -0.496 e. The van der Waals surface area contributed by atoms with Crippen molar-refractivity contribution >= 4 is 23.7 Å². The zero-order chi connectivity index (χ0) is 30.1. The van der Waals surface area contributed by atoms with E-state index in [4.69, 9.17) is 19.4 Å². The summed E-state index contributed by atoms with van der Waals surface area (Å²) in [4.78, 5) is 9.96. The molecule has 1 heterocycles. The molecular weight excluding hydrogens is 540 g/mol. The normalized spacial score (nSPS) is 11.7. The van der Waals surface area contributed by atoms with Crippen molar-refractivity contribution in [1.29, 1.82) is 0 Å². The molecule has 5 aromatic carbocycles. The van der Waals surface area contributed by atoms with Crippen LogP contribution in [0.3, 0.4) is 0 Å². The molecule has 0 bridgehead atoms. The molecular formula is C40H32N2O2. The van der Waals surface area contributed by atoms with Crippen molar-refractivity contribution < 1.29 is 9.47 Å². The summed E-state index contributed by atoms with van der Waals surface area (Å²) < 4.78 is 11.5. The van der Waals surface area contributed by atoms with Gasteiger partial charge in [0.2, 0.25) is 0 Å². The van der Waals surface area contributed by atoms with Gasteiger partial charge in [0, 0.05) is 27.8 Å². The van der Waals surface area contributed by atoms with Gasteiger partial charge in [-0.3, -0.25) is 0 Å². The van der Waals surface area contributed by atoms with Crippen LogP contribution in [-0.4, -0.2) is 24.2 Å². The van der Waals surface area contributed by atoms with Crippen LogP contribution in [0.4, 0.5) is 0 Å². The van der Waals surface area contributed by atoms with E-state index >= 15 is 0 Å². The van der Waals surface area contributed by atoms with E-state index in [1.807, 2.05) is 84.9 Å². The molecule has 44 heavy (non-hydrogen) atoms. The number of nitrogens with zero attached hydrogens (tertiary/aromatic N) is 2. The number of aromatic nitrogens is 2. The van der Waals surface area contributed by atoms with Crippen LogP contribution in [0.5, 0.6) is 0 Å². The van der Waals surface area contributed by atoms with Gasteiger partial charge in [-0.25, -0.2) is 9.97 Å². The van der Waals surface area contributed by atoms with Crippen molar-refractivity contribution in [3.63, 3.8) is 0 Å².